The van der Waals surface area contributed by atoms with Crippen molar-refractivity contribution in [3.8, 4) is 11.1 Å². The summed E-state index contributed by atoms with van der Waals surface area (Å²) in [5, 5.41) is 0.595. The molecule has 0 saturated carbocycles. The van der Waals surface area contributed by atoms with Crippen molar-refractivity contribution in [3.63, 3.8) is 0 Å². The van der Waals surface area contributed by atoms with Gasteiger partial charge in [-0.05, 0) is 31.0 Å². The Labute approximate surface area is 181 Å². The highest BCUT2D eigenvalue weighted by molar-refractivity contribution is 6.01. The number of aromatic nitrogens is 1. The van der Waals surface area contributed by atoms with Crippen LogP contribution in [0, 0.1) is 13.8 Å². The molecule has 4 rings (SSSR count). The Bertz CT molecular complexity index is 998. The fourth-order valence-corrected chi connectivity index (χ4v) is 3.97. The van der Waals surface area contributed by atoms with Crippen molar-refractivity contribution in [3.05, 3.63) is 53.3 Å². The lowest BCUT2D eigenvalue weighted by Gasteiger charge is -2.34. The van der Waals surface area contributed by atoms with E-state index in [0.717, 1.165) is 17.0 Å². The number of aryl methyl sites for hydroxylation is 2. The normalized spacial score (nSPS) is 17.4. The minimum absolute atomic E-state index is 0.0922. The van der Waals surface area contributed by atoms with Crippen LogP contribution in [0.2, 0.25) is 0 Å². The number of carbonyl (C=O) groups excluding carboxylic acids is 3. The molecule has 31 heavy (non-hydrogen) atoms. The van der Waals surface area contributed by atoms with E-state index < -0.39 is 17.9 Å². The van der Waals surface area contributed by atoms with Crippen molar-refractivity contribution in [2.24, 2.45) is 0 Å². The Balaban J connectivity index is 1.32. The van der Waals surface area contributed by atoms with Gasteiger partial charge in [-0.1, -0.05) is 30.3 Å². The Morgan fingerprint density at radius 2 is 1.61 bits per heavy atom. The second-order valence-corrected chi connectivity index (χ2v) is 7.95. The van der Waals surface area contributed by atoms with Gasteiger partial charge >= 0.3 is 6.09 Å². The van der Waals surface area contributed by atoms with Gasteiger partial charge in [-0.3, -0.25) is 19.5 Å². The number of nitrogens with zero attached hydrogens (tertiary/aromatic N) is 4. The van der Waals surface area contributed by atoms with E-state index in [-0.39, 0.29) is 12.8 Å². The summed E-state index contributed by atoms with van der Waals surface area (Å²) in [4.78, 5) is 49.1. The van der Waals surface area contributed by atoms with Gasteiger partial charge in [-0.2, -0.15) is 0 Å². The first-order valence-corrected chi connectivity index (χ1v) is 10.5. The van der Waals surface area contributed by atoms with Crippen LogP contribution in [0.15, 0.2) is 36.4 Å². The zero-order valence-electron chi connectivity index (χ0n) is 17.8. The zero-order chi connectivity index (χ0) is 22.0. The van der Waals surface area contributed by atoms with E-state index in [4.69, 9.17) is 9.82 Å². The number of pyridine rings is 1. The molecule has 0 N–H and O–H groups in total. The molecule has 2 aliphatic rings. The molecule has 2 saturated heterocycles. The maximum absolute atomic E-state index is 12.3. The molecular weight excluding hydrogens is 396 g/mol. The molecule has 162 valence electrons. The molecule has 0 spiro atoms. The van der Waals surface area contributed by atoms with Crippen LogP contribution < -0.4 is 0 Å². The fourth-order valence-electron chi connectivity index (χ4n) is 3.97. The van der Waals surface area contributed by atoms with Crippen molar-refractivity contribution < 1.29 is 19.2 Å². The van der Waals surface area contributed by atoms with Crippen LogP contribution >= 0.6 is 0 Å². The Hall–Kier alpha value is -3.26. The van der Waals surface area contributed by atoms with Crippen LogP contribution in [0.1, 0.15) is 29.8 Å². The summed E-state index contributed by atoms with van der Waals surface area (Å²) in [6.45, 7) is 7.09. The molecule has 8 heteroatoms. The van der Waals surface area contributed by atoms with E-state index >= 15 is 0 Å². The van der Waals surface area contributed by atoms with Crippen LogP contribution in [0.4, 0.5) is 4.79 Å². The quantitative estimate of drug-likeness (QED) is 0.705. The monoisotopic (exact) mass is 422 g/mol. The molecule has 1 aromatic heterocycles. The minimum atomic E-state index is -0.653. The summed E-state index contributed by atoms with van der Waals surface area (Å²) in [5.41, 5.74) is 5.54. The zero-order valence-corrected chi connectivity index (χ0v) is 17.8. The highest BCUT2D eigenvalue weighted by atomic mass is 16.7. The van der Waals surface area contributed by atoms with Gasteiger partial charge in [0.15, 0.2) is 0 Å². The van der Waals surface area contributed by atoms with Gasteiger partial charge in [-0.25, -0.2) is 4.79 Å². The number of imide groups is 1. The van der Waals surface area contributed by atoms with Gasteiger partial charge in [-0.15, -0.1) is 5.06 Å². The van der Waals surface area contributed by atoms with Crippen LogP contribution in [-0.2, 0) is 21.0 Å². The molecule has 0 atom stereocenters. The first-order valence-electron chi connectivity index (χ1n) is 10.5. The lowest BCUT2D eigenvalue weighted by atomic mass is 9.99. The second-order valence-electron chi connectivity index (χ2n) is 7.95. The third kappa shape index (κ3) is 4.59. The van der Waals surface area contributed by atoms with Crippen LogP contribution in [0.25, 0.3) is 11.1 Å². The number of rotatable bonds is 4. The van der Waals surface area contributed by atoms with E-state index in [2.05, 4.69) is 36.1 Å². The standard InChI is InChI=1S/C23H26N4O4/c1-16-5-3-4-6-19(16)20-8-7-18(24-17(20)2)15-25-11-13-26(14-12-25)23(30)31-27-21(28)9-10-22(27)29/h3-8H,9-15H2,1-2H3. The van der Waals surface area contributed by atoms with Crippen molar-refractivity contribution in [1.82, 2.24) is 19.8 Å². The first kappa shape index (κ1) is 21.0. The Morgan fingerprint density at radius 1 is 0.935 bits per heavy atom. The van der Waals surface area contributed by atoms with Gasteiger partial charge in [0.1, 0.15) is 0 Å². The molecule has 0 bridgehead atoms. The maximum atomic E-state index is 12.3. The molecule has 2 aliphatic heterocycles. The maximum Gasteiger partial charge on any atom is 0.434 e. The topological polar surface area (TPSA) is 83.0 Å². The van der Waals surface area contributed by atoms with E-state index in [1.165, 1.54) is 16.0 Å². The van der Waals surface area contributed by atoms with Crippen LogP contribution in [0.5, 0.6) is 0 Å². The SMILES string of the molecule is Cc1ccccc1-c1ccc(CN2CCN(C(=O)ON3C(=O)CCC3=O)CC2)nc1C. The van der Waals surface area contributed by atoms with Gasteiger partial charge in [0.2, 0.25) is 0 Å². The van der Waals surface area contributed by atoms with Crippen LogP contribution in [-0.4, -0.2) is 63.9 Å². The molecule has 0 unspecified atom stereocenters. The van der Waals surface area contributed by atoms with Gasteiger partial charge in [0.25, 0.3) is 11.8 Å². The third-order valence-corrected chi connectivity index (χ3v) is 5.77. The number of piperazine rings is 1. The number of benzene rings is 1. The fraction of sp³-hybridized carbons (Fsp3) is 0.391. The lowest BCUT2D eigenvalue weighted by Crippen LogP contribution is -2.50. The summed E-state index contributed by atoms with van der Waals surface area (Å²) in [7, 11) is 0. The number of carbonyl (C=O) groups is 3. The molecule has 8 nitrogen and oxygen atoms in total. The molecule has 3 heterocycles. The smallest absolute Gasteiger partial charge is 0.311 e. The van der Waals surface area contributed by atoms with E-state index in [9.17, 15) is 14.4 Å². The first-order chi connectivity index (χ1) is 14.9. The average molecular weight is 422 g/mol. The molecule has 1 aromatic carbocycles. The van der Waals surface area contributed by atoms with E-state index in [0.29, 0.717) is 37.8 Å². The molecule has 2 fully saturated rings. The number of amides is 3. The van der Waals surface area contributed by atoms with Crippen molar-refractivity contribution in [2.75, 3.05) is 26.2 Å². The van der Waals surface area contributed by atoms with E-state index in [1.54, 1.807) is 0 Å². The van der Waals surface area contributed by atoms with Crippen molar-refractivity contribution >= 4 is 17.9 Å². The summed E-state index contributed by atoms with van der Waals surface area (Å²) < 4.78 is 0. The van der Waals surface area contributed by atoms with Crippen LogP contribution in [0.3, 0.4) is 0 Å². The lowest BCUT2D eigenvalue weighted by molar-refractivity contribution is -0.174. The third-order valence-electron chi connectivity index (χ3n) is 5.77. The van der Waals surface area contributed by atoms with Gasteiger partial charge in [0.05, 0.1) is 5.69 Å². The largest absolute Gasteiger partial charge is 0.434 e. The molecule has 0 aliphatic carbocycles. The van der Waals surface area contributed by atoms with Crippen molar-refractivity contribution in [2.45, 2.75) is 33.2 Å². The summed E-state index contributed by atoms with van der Waals surface area (Å²) in [6.07, 6.45) is -0.469. The second kappa shape index (κ2) is 8.85. The van der Waals surface area contributed by atoms with E-state index in [1.807, 2.05) is 19.1 Å². The number of hydrogen-bond acceptors (Lipinski definition) is 6. The highest BCUT2D eigenvalue weighted by Gasteiger charge is 2.34. The summed E-state index contributed by atoms with van der Waals surface area (Å²) in [5.74, 6) is -0.930. The minimum Gasteiger partial charge on any atom is -0.311 e. The summed E-state index contributed by atoms with van der Waals surface area (Å²) in [6, 6.07) is 12.5. The van der Waals surface area contributed by atoms with Gasteiger partial charge in [0, 0.05) is 56.8 Å². The predicted molar refractivity (Wildman–Crippen MR) is 114 cm³/mol. The van der Waals surface area contributed by atoms with Gasteiger partial charge < -0.3 is 9.74 Å². The molecule has 2 aromatic rings. The Kier molecular flexibility index (Phi) is 5.99. The molecule has 0 radical (unpaired) electrons. The molecule has 3 amide bonds. The average Bonchev–Trinajstić information content (AvgIpc) is 3.07. The summed E-state index contributed by atoms with van der Waals surface area (Å²) >= 11 is 0. The highest BCUT2D eigenvalue weighted by Crippen LogP contribution is 2.26. The predicted octanol–water partition coefficient (Wildman–Crippen LogP) is 2.68. The number of hydroxylamine groups is 2. The van der Waals surface area contributed by atoms with Crippen molar-refractivity contribution in [1.29, 1.82) is 0 Å². The number of hydrogen-bond donors (Lipinski definition) is 0. The Morgan fingerprint density at radius 3 is 2.26 bits per heavy atom. The molecular formula is C23H26N4O4.